The largest absolute Gasteiger partial charge is 1.00 e. The zero-order valence-corrected chi connectivity index (χ0v) is 7.77. The Hall–Kier alpha value is -0.240. The second kappa shape index (κ2) is 9.76. The van der Waals surface area contributed by atoms with E-state index >= 15 is 0 Å². The van der Waals surface area contributed by atoms with Crippen molar-refractivity contribution in [2.45, 2.75) is 0 Å². The minimum atomic E-state index is 0. The second-order valence-electron chi connectivity index (χ2n) is 1.53. The quantitative estimate of drug-likeness (QED) is 0.423. The maximum absolute atomic E-state index is 10.0. The molecule has 1 rings (SSSR count). The third-order valence-corrected chi connectivity index (χ3v) is 0.936. The van der Waals surface area contributed by atoms with Gasteiger partial charge < -0.3 is 37.2 Å². The monoisotopic (exact) mass is 211 g/mol. The van der Waals surface area contributed by atoms with Gasteiger partial charge >= 0.3 is 0 Å². The minimum absolute atomic E-state index is 0. The molecule has 64 valence electrons. The molecule has 4 heteroatoms. The standard InChI is InChI=1S/C7H6O.3ClH/c8-6-7-4-2-1-3-5-7;;;/h1-6H;3*1H/p-3. The third-order valence-electron chi connectivity index (χ3n) is 0.936. The van der Waals surface area contributed by atoms with Gasteiger partial charge in [0.2, 0.25) is 0 Å². The van der Waals surface area contributed by atoms with E-state index in [0.717, 1.165) is 11.8 Å². The molecule has 0 bridgehead atoms. The number of halogens is 3. The van der Waals surface area contributed by atoms with Gasteiger partial charge in [0.15, 0.2) is 0 Å². The van der Waals surface area contributed by atoms with E-state index in [1.807, 2.05) is 18.2 Å². The number of hydrogen-bond donors (Lipinski definition) is 0. The van der Waals surface area contributed by atoms with Crippen molar-refractivity contribution in [3.8, 4) is 0 Å². The van der Waals surface area contributed by atoms with Gasteiger partial charge in [0.05, 0.1) is 0 Å². The topological polar surface area (TPSA) is 17.1 Å². The molecular weight excluding hydrogens is 206 g/mol. The Morgan fingerprint density at radius 1 is 0.909 bits per heavy atom. The number of hydrogen-bond acceptors (Lipinski definition) is 1. The zero-order valence-electron chi connectivity index (χ0n) is 5.51. The van der Waals surface area contributed by atoms with Crippen LogP contribution >= 0.6 is 0 Å². The van der Waals surface area contributed by atoms with Crippen molar-refractivity contribution < 1.29 is 42.0 Å². The van der Waals surface area contributed by atoms with E-state index in [-0.39, 0.29) is 37.2 Å². The predicted molar refractivity (Wildman–Crippen MR) is 31.8 cm³/mol. The first-order valence-electron chi connectivity index (χ1n) is 2.44. The fourth-order valence-electron chi connectivity index (χ4n) is 0.532. The van der Waals surface area contributed by atoms with E-state index in [1.165, 1.54) is 0 Å². The van der Waals surface area contributed by atoms with Crippen molar-refractivity contribution in [2.24, 2.45) is 0 Å². The summed E-state index contributed by atoms with van der Waals surface area (Å²) in [4.78, 5) is 10.0. The highest BCUT2D eigenvalue weighted by Gasteiger charge is 1.79. The van der Waals surface area contributed by atoms with Gasteiger partial charge in [-0.15, -0.1) is 0 Å². The van der Waals surface area contributed by atoms with Gasteiger partial charge in [-0.25, -0.2) is 0 Å². The number of carbonyl (C=O) groups excluding carboxylic acids is 1. The molecule has 0 amide bonds. The summed E-state index contributed by atoms with van der Waals surface area (Å²) >= 11 is 0. The van der Waals surface area contributed by atoms with Crippen molar-refractivity contribution in [3.63, 3.8) is 0 Å². The van der Waals surface area contributed by atoms with Gasteiger partial charge in [-0.2, -0.15) is 0 Å². The Labute approximate surface area is 84.4 Å². The fourth-order valence-corrected chi connectivity index (χ4v) is 0.532. The molecule has 0 radical (unpaired) electrons. The van der Waals surface area contributed by atoms with Crippen LogP contribution in [0.15, 0.2) is 30.3 Å². The lowest BCUT2D eigenvalue weighted by molar-refractivity contribution is -0.001000. The van der Waals surface area contributed by atoms with Crippen molar-refractivity contribution >= 4 is 6.29 Å². The normalized spacial score (nSPS) is 6.18. The van der Waals surface area contributed by atoms with Crippen LogP contribution in [-0.2, 0) is 0 Å². The van der Waals surface area contributed by atoms with Crippen LogP contribution in [0.2, 0.25) is 0 Å². The molecule has 0 saturated carbocycles. The van der Waals surface area contributed by atoms with Gasteiger partial charge in [-0.3, -0.25) is 4.79 Å². The average Bonchev–Trinajstić information content (AvgIpc) is 1.90. The van der Waals surface area contributed by atoms with Crippen molar-refractivity contribution in [2.75, 3.05) is 0 Å². The molecule has 1 aromatic carbocycles. The van der Waals surface area contributed by atoms with Crippen LogP contribution in [0.3, 0.4) is 0 Å². The van der Waals surface area contributed by atoms with Gasteiger partial charge in [0.25, 0.3) is 0 Å². The predicted octanol–water partition coefficient (Wildman–Crippen LogP) is -7.49. The first-order valence-corrected chi connectivity index (χ1v) is 2.44. The van der Waals surface area contributed by atoms with Gasteiger partial charge in [-0.05, 0) is 0 Å². The lowest BCUT2D eigenvalue weighted by Gasteiger charge is -1.81. The van der Waals surface area contributed by atoms with E-state index < -0.39 is 0 Å². The van der Waals surface area contributed by atoms with Gasteiger partial charge in [0, 0.05) is 5.56 Å². The summed E-state index contributed by atoms with van der Waals surface area (Å²) in [5.41, 5.74) is 0.729. The molecule has 0 atom stereocenters. The first-order chi connectivity index (χ1) is 3.93. The lowest BCUT2D eigenvalue weighted by Crippen LogP contribution is -3.00. The molecular formula is C7H6Cl3O-3. The van der Waals surface area contributed by atoms with Crippen molar-refractivity contribution in [1.29, 1.82) is 0 Å². The van der Waals surface area contributed by atoms with E-state index in [0.29, 0.717) is 0 Å². The Bertz CT molecular complexity index is 176. The van der Waals surface area contributed by atoms with Crippen LogP contribution in [-0.4, -0.2) is 6.29 Å². The average molecular weight is 212 g/mol. The second-order valence-corrected chi connectivity index (χ2v) is 1.53. The molecule has 0 aromatic heterocycles. The fraction of sp³-hybridized carbons (Fsp3) is 0. The highest BCUT2D eigenvalue weighted by Crippen LogP contribution is 1.91. The molecule has 0 fully saturated rings. The summed E-state index contributed by atoms with van der Waals surface area (Å²) in [5, 5.41) is 0. The van der Waals surface area contributed by atoms with Gasteiger partial charge in [0.1, 0.15) is 6.29 Å². The lowest BCUT2D eigenvalue weighted by atomic mass is 10.2. The summed E-state index contributed by atoms with van der Waals surface area (Å²) in [6, 6.07) is 9.10. The molecule has 1 aromatic rings. The molecule has 0 N–H and O–H groups in total. The van der Waals surface area contributed by atoms with Crippen LogP contribution in [0.5, 0.6) is 0 Å². The van der Waals surface area contributed by atoms with Crippen molar-refractivity contribution in [3.05, 3.63) is 35.9 Å². The Morgan fingerprint density at radius 2 is 1.36 bits per heavy atom. The molecule has 0 heterocycles. The summed E-state index contributed by atoms with van der Waals surface area (Å²) in [6.07, 6.45) is 0.833. The number of carbonyl (C=O) groups is 1. The van der Waals surface area contributed by atoms with Crippen LogP contribution in [0.25, 0.3) is 0 Å². The highest BCUT2D eigenvalue weighted by molar-refractivity contribution is 5.74. The van der Waals surface area contributed by atoms with E-state index in [1.54, 1.807) is 12.1 Å². The maximum atomic E-state index is 10.0. The minimum Gasteiger partial charge on any atom is -1.00 e. The van der Waals surface area contributed by atoms with Crippen LogP contribution in [0.4, 0.5) is 0 Å². The van der Waals surface area contributed by atoms with Gasteiger partial charge in [-0.1, -0.05) is 30.3 Å². The zero-order chi connectivity index (χ0) is 5.82. The molecule has 0 spiro atoms. The molecule has 0 aliphatic heterocycles. The Balaban J connectivity index is -0.000000213. The third kappa shape index (κ3) is 6.17. The van der Waals surface area contributed by atoms with Crippen LogP contribution in [0, 0.1) is 0 Å². The highest BCUT2D eigenvalue weighted by atomic mass is 35.5. The number of benzene rings is 1. The molecule has 0 saturated heterocycles. The van der Waals surface area contributed by atoms with Crippen LogP contribution in [0.1, 0.15) is 10.4 Å². The Kier molecular flexibility index (Phi) is 15.1. The SMILES string of the molecule is O=Cc1ccccc1.[Cl-].[Cl-].[Cl-]. The van der Waals surface area contributed by atoms with E-state index in [9.17, 15) is 4.79 Å². The first kappa shape index (κ1) is 17.0. The summed E-state index contributed by atoms with van der Waals surface area (Å²) in [7, 11) is 0. The van der Waals surface area contributed by atoms with E-state index in [2.05, 4.69) is 0 Å². The van der Waals surface area contributed by atoms with E-state index in [4.69, 9.17) is 0 Å². The van der Waals surface area contributed by atoms with Crippen LogP contribution < -0.4 is 37.2 Å². The summed E-state index contributed by atoms with van der Waals surface area (Å²) in [5.74, 6) is 0. The molecule has 1 nitrogen and oxygen atoms in total. The molecule has 0 aliphatic carbocycles. The molecule has 0 aliphatic rings. The van der Waals surface area contributed by atoms with Crippen molar-refractivity contribution in [1.82, 2.24) is 0 Å². The number of rotatable bonds is 1. The number of aldehydes is 1. The molecule has 0 unspecified atom stereocenters. The summed E-state index contributed by atoms with van der Waals surface area (Å²) < 4.78 is 0. The Morgan fingerprint density at radius 3 is 1.64 bits per heavy atom. The summed E-state index contributed by atoms with van der Waals surface area (Å²) in [6.45, 7) is 0. The molecule has 11 heavy (non-hydrogen) atoms. The smallest absolute Gasteiger partial charge is 0.150 e. The maximum Gasteiger partial charge on any atom is 0.150 e.